The molecule has 0 spiro atoms. The minimum atomic E-state index is -0.969. The average Bonchev–Trinajstić information content (AvgIpc) is 2.72. The van der Waals surface area contributed by atoms with Gasteiger partial charge in [-0.25, -0.2) is 4.79 Å². The molecule has 29 heavy (non-hydrogen) atoms. The highest BCUT2D eigenvalue weighted by Gasteiger charge is 2.04. The number of hydrogen-bond donors (Lipinski definition) is 2. The minimum absolute atomic E-state index is 0.0847. The lowest BCUT2D eigenvalue weighted by Gasteiger charge is -2.04. The predicted molar refractivity (Wildman–Crippen MR) is 112 cm³/mol. The molecule has 5 nitrogen and oxygen atoms in total. The van der Waals surface area contributed by atoms with Crippen molar-refractivity contribution in [2.75, 3.05) is 6.61 Å². The van der Waals surface area contributed by atoms with Crippen molar-refractivity contribution < 1.29 is 24.5 Å². The Morgan fingerprint density at radius 3 is 2.07 bits per heavy atom. The second-order valence-corrected chi connectivity index (χ2v) is 6.40. The normalized spacial score (nSPS) is 10.2. The molecular formula is C24H20O5. The molecule has 4 rings (SSSR count). The summed E-state index contributed by atoms with van der Waals surface area (Å²) in [5.41, 5.74) is 0.871. The number of carboxylic acid groups (broad SMARTS) is 2. The summed E-state index contributed by atoms with van der Waals surface area (Å²) in [6.07, 6.45) is 0.0847. The summed E-state index contributed by atoms with van der Waals surface area (Å²) in [6.45, 7) is -0.307. The van der Waals surface area contributed by atoms with Gasteiger partial charge in [0.05, 0.1) is 6.42 Å². The van der Waals surface area contributed by atoms with Gasteiger partial charge in [0.15, 0.2) is 6.61 Å². The lowest BCUT2D eigenvalue weighted by atomic mass is 10.0. The second-order valence-electron chi connectivity index (χ2n) is 6.40. The van der Waals surface area contributed by atoms with Gasteiger partial charge in [0.25, 0.3) is 0 Å². The molecule has 0 aliphatic heterocycles. The van der Waals surface area contributed by atoms with Crippen molar-refractivity contribution in [3.63, 3.8) is 0 Å². The van der Waals surface area contributed by atoms with Crippen molar-refractivity contribution in [1.29, 1.82) is 0 Å². The molecular weight excluding hydrogens is 368 g/mol. The van der Waals surface area contributed by atoms with Crippen LogP contribution in [0.5, 0.6) is 5.75 Å². The van der Waals surface area contributed by atoms with Crippen molar-refractivity contribution in [3.8, 4) is 5.75 Å². The molecule has 0 fully saturated rings. The fraction of sp³-hybridized carbons (Fsp3) is 0.0833. The van der Waals surface area contributed by atoms with E-state index >= 15 is 0 Å². The van der Waals surface area contributed by atoms with Gasteiger partial charge in [-0.15, -0.1) is 0 Å². The Hall–Kier alpha value is -3.86. The van der Waals surface area contributed by atoms with Gasteiger partial charge >= 0.3 is 11.9 Å². The summed E-state index contributed by atoms with van der Waals surface area (Å²) >= 11 is 0. The predicted octanol–water partition coefficient (Wildman–Crippen LogP) is 4.77. The van der Waals surface area contributed by atoms with Crippen LogP contribution >= 0.6 is 0 Å². The first kappa shape index (κ1) is 19.9. The van der Waals surface area contributed by atoms with Crippen LogP contribution in [0.2, 0.25) is 0 Å². The third-order valence-corrected chi connectivity index (χ3v) is 4.30. The van der Waals surface area contributed by atoms with E-state index in [1.165, 1.54) is 0 Å². The van der Waals surface area contributed by atoms with Crippen LogP contribution in [0.3, 0.4) is 0 Å². The van der Waals surface area contributed by atoms with E-state index in [0.717, 1.165) is 27.1 Å². The maximum atomic E-state index is 10.6. The van der Waals surface area contributed by atoms with Crippen LogP contribution in [0.1, 0.15) is 5.56 Å². The fourth-order valence-corrected chi connectivity index (χ4v) is 3.01. The zero-order valence-corrected chi connectivity index (χ0v) is 15.6. The number of fused-ring (bicyclic) bond motifs is 2. The van der Waals surface area contributed by atoms with Crippen molar-refractivity contribution >= 4 is 33.5 Å². The average molecular weight is 388 g/mol. The van der Waals surface area contributed by atoms with Crippen molar-refractivity contribution in [2.24, 2.45) is 0 Å². The third-order valence-electron chi connectivity index (χ3n) is 4.30. The van der Waals surface area contributed by atoms with E-state index < -0.39 is 11.9 Å². The number of carboxylic acids is 2. The molecule has 0 aliphatic rings. The maximum Gasteiger partial charge on any atom is 0.341 e. The summed E-state index contributed by atoms with van der Waals surface area (Å²) in [5.74, 6) is -1.18. The topological polar surface area (TPSA) is 83.8 Å². The van der Waals surface area contributed by atoms with E-state index in [-0.39, 0.29) is 13.0 Å². The third kappa shape index (κ3) is 5.56. The molecule has 0 saturated heterocycles. The highest BCUT2D eigenvalue weighted by Crippen LogP contribution is 2.20. The summed E-state index contributed by atoms with van der Waals surface area (Å²) < 4.78 is 5.08. The Morgan fingerprint density at radius 2 is 1.34 bits per heavy atom. The molecule has 146 valence electrons. The number of carbonyl (C=O) groups is 2. The molecule has 0 bridgehead atoms. The first-order chi connectivity index (χ1) is 14.0. The van der Waals surface area contributed by atoms with Gasteiger partial charge in [-0.3, -0.25) is 4.79 Å². The van der Waals surface area contributed by atoms with Crippen LogP contribution in [0.25, 0.3) is 21.5 Å². The molecule has 0 aliphatic carbocycles. The van der Waals surface area contributed by atoms with Gasteiger partial charge in [-0.05, 0) is 39.2 Å². The van der Waals surface area contributed by atoms with Gasteiger partial charge in [-0.2, -0.15) is 0 Å². The Balaban J connectivity index is 0.000000166. The van der Waals surface area contributed by atoms with E-state index in [4.69, 9.17) is 14.9 Å². The Kier molecular flexibility index (Phi) is 6.43. The van der Waals surface area contributed by atoms with Crippen LogP contribution in [-0.2, 0) is 16.0 Å². The number of benzene rings is 4. The maximum absolute atomic E-state index is 10.6. The molecule has 0 radical (unpaired) electrons. The van der Waals surface area contributed by atoms with Crippen LogP contribution in [-0.4, -0.2) is 28.8 Å². The van der Waals surface area contributed by atoms with Gasteiger partial charge in [0, 0.05) is 0 Å². The first-order valence-corrected chi connectivity index (χ1v) is 9.05. The Morgan fingerprint density at radius 1 is 0.690 bits per heavy atom. The van der Waals surface area contributed by atoms with Gasteiger partial charge in [0.2, 0.25) is 0 Å². The molecule has 2 N–H and O–H groups in total. The van der Waals surface area contributed by atoms with Crippen molar-refractivity contribution in [3.05, 3.63) is 90.5 Å². The molecule has 0 atom stereocenters. The summed E-state index contributed by atoms with van der Waals surface area (Å²) in [6, 6.07) is 26.9. The van der Waals surface area contributed by atoms with Crippen molar-refractivity contribution in [2.45, 2.75) is 6.42 Å². The van der Waals surface area contributed by atoms with Gasteiger partial charge in [0.1, 0.15) is 5.75 Å². The molecule has 0 unspecified atom stereocenters. The van der Waals surface area contributed by atoms with E-state index in [2.05, 4.69) is 0 Å². The molecule has 0 aromatic heterocycles. The minimum Gasteiger partial charge on any atom is -0.482 e. The monoisotopic (exact) mass is 388 g/mol. The molecule has 0 heterocycles. The van der Waals surface area contributed by atoms with Crippen LogP contribution in [0, 0.1) is 0 Å². The summed E-state index contributed by atoms with van der Waals surface area (Å²) in [7, 11) is 0. The summed E-state index contributed by atoms with van der Waals surface area (Å²) in [5, 5.41) is 21.5. The first-order valence-electron chi connectivity index (χ1n) is 9.05. The lowest BCUT2D eigenvalue weighted by molar-refractivity contribution is -0.139. The highest BCUT2D eigenvalue weighted by atomic mass is 16.5. The van der Waals surface area contributed by atoms with E-state index in [1.807, 2.05) is 78.9 Å². The largest absolute Gasteiger partial charge is 0.482 e. The zero-order valence-electron chi connectivity index (χ0n) is 15.6. The number of rotatable bonds is 5. The lowest BCUT2D eigenvalue weighted by Crippen LogP contribution is -2.09. The van der Waals surface area contributed by atoms with Gasteiger partial charge in [-0.1, -0.05) is 72.8 Å². The van der Waals surface area contributed by atoms with E-state index in [0.29, 0.717) is 5.75 Å². The molecule has 0 amide bonds. The Labute approximate surface area is 167 Å². The SMILES string of the molecule is O=C(O)COc1ccc2ccccc2c1.O=C(O)Cc1cccc2ccccc12. The van der Waals surface area contributed by atoms with E-state index in [9.17, 15) is 9.59 Å². The second kappa shape index (κ2) is 9.37. The molecule has 5 heteroatoms. The zero-order chi connectivity index (χ0) is 20.6. The molecule has 0 saturated carbocycles. The standard InChI is InChI=1S/C12H10O3.C12H10O2/c13-12(14)8-15-11-6-5-9-3-1-2-4-10(9)7-11;13-12(14)8-10-6-3-5-9-4-1-2-7-11(9)10/h1-7H,8H2,(H,13,14);1-7H,8H2,(H,13,14). The number of hydrogen-bond acceptors (Lipinski definition) is 3. The Bertz CT molecular complexity index is 1140. The molecule has 4 aromatic carbocycles. The number of ether oxygens (including phenoxy) is 1. The van der Waals surface area contributed by atoms with Crippen LogP contribution in [0.4, 0.5) is 0 Å². The fourth-order valence-electron chi connectivity index (χ4n) is 3.01. The highest BCUT2D eigenvalue weighted by molar-refractivity contribution is 5.88. The van der Waals surface area contributed by atoms with Gasteiger partial charge < -0.3 is 14.9 Å². The van der Waals surface area contributed by atoms with Crippen LogP contribution < -0.4 is 4.74 Å². The molecule has 4 aromatic rings. The smallest absolute Gasteiger partial charge is 0.341 e. The van der Waals surface area contributed by atoms with Crippen LogP contribution in [0.15, 0.2) is 84.9 Å². The quantitative estimate of drug-likeness (QED) is 0.514. The van der Waals surface area contributed by atoms with Crippen molar-refractivity contribution in [1.82, 2.24) is 0 Å². The number of aliphatic carboxylic acids is 2. The summed E-state index contributed by atoms with van der Waals surface area (Å²) in [4.78, 5) is 20.9. The van der Waals surface area contributed by atoms with E-state index in [1.54, 1.807) is 6.07 Å².